The lowest BCUT2D eigenvalue weighted by Crippen LogP contribution is -2.42. The average Bonchev–Trinajstić information content (AvgIpc) is 2.38. The summed E-state index contributed by atoms with van der Waals surface area (Å²) in [5.74, 6) is 1.33. The molecule has 0 atom stereocenters. The fraction of sp³-hybridized carbons (Fsp3) is 0.588. The quantitative estimate of drug-likeness (QED) is 0.880. The first-order valence-electron chi connectivity index (χ1n) is 7.68. The Kier molecular flexibility index (Phi) is 3.86. The molecular weight excluding hydrogens is 234 g/mol. The lowest BCUT2D eigenvalue weighted by Gasteiger charge is -2.32. The van der Waals surface area contributed by atoms with Gasteiger partial charge in [-0.05, 0) is 50.0 Å². The second-order valence-electron chi connectivity index (χ2n) is 6.10. The molecule has 1 N–H and O–H groups in total. The lowest BCUT2D eigenvalue weighted by molar-refractivity contribution is -0.128. The standard InChI is InChI=1S/C17H23NO/c19-17(15-7-4-8-15)18-16-11-9-14(10-12-16)13-5-2-1-3-6-13/h1-3,5-6,14-16H,4,7-12H2,(H,18,19). The molecule has 2 nitrogen and oxygen atoms in total. The zero-order valence-corrected chi connectivity index (χ0v) is 11.5. The summed E-state index contributed by atoms with van der Waals surface area (Å²) in [6, 6.07) is 11.2. The molecule has 0 saturated heterocycles. The highest BCUT2D eigenvalue weighted by Gasteiger charge is 2.29. The topological polar surface area (TPSA) is 29.1 Å². The van der Waals surface area contributed by atoms with Crippen molar-refractivity contribution in [2.45, 2.75) is 56.9 Å². The van der Waals surface area contributed by atoms with Crippen molar-refractivity contribution >= 4 is 5.91 Å². The van der Waals surface area contributed by atoms with Gasteiger partial charge in [-0.25, -0.2) is 0 Å². The number of carbonyl (C=O) groups excluding carboxylic acids is 1. The van der Waals surface area contributed by atoms with Crippen molar-refractivity contribution in [1.29, 1.82) is 0 Å². The number of carbonyl (C=O) groups is 1. The number of rotatable bonds is 3. The van der Waals surface area contributed by atoms with Crippen molar-refractivity contribution in [3.05, 3.63) is 35.9 Å². The molecule has 0 aromatic heterocycles. The summed E-state index contributed by atoms with van der Waals surface area (Å²) in [4.78, 5) is 11.9. The first-order chi connectivity index (χ1) is 9.33. The highest BCUT2D eigenvalue weighted by molar-refractivity contribution is 5.79. The van der Waals surface area contributed by atoms with Crippen LogP contribution in [0.25, 0.3) is 0 Å². The lowest BCUT2D eigenvalue weighted by atomic mass is 9.80. The maximum Gasteiger partial charge on any atom is 0.223 e. The molecule has 2 aliphatic carbocycles. The average molecular weight is 257 g/mol. The van der Waals surface area contributed by atoms with Crippen molar-refractivity contribution in [2.24, 2.45) is 5.92 Å². The van der Waals surface area contributed by atoms with Crippen molar-refractivity contribution in [3.63, 3.8) is 0 Å². The van der Waals surface area contributed by atoms with Gasteiger partial charge in [0.15, 0.2) is 0 Å². The van der Waals surface area contributed by atoms with Gasteiger partial charge < -0.3 is 5.32 Å². The predicted molar refractivity (Wildman–Crippen MR) is 76.9 cm³/mol. The Morgan fingerprint density at radius 3 is 2.21 bits per heavy atom. The van der Waals surface area contributed by atoms with E-state index in [9.17, 15) is 4.79 Å². The Morgan fingerprint density at radius 2 is 1.63 bits per heavy atom. The zero-order chi connectivity index (χ0) is 13.1. The van der Waals surface area contributed by atoms with Crippen LogP contribution in [0.5, 0.6) is 0 Å². The Balaban J connectivity index is 1.48. The fourth-order valence-electron chi connectivity index (χ4n) is 3.29. The van der Waals surface area contributed by atoms with Gasteiger partial charge in [-0.2, -0.15) is 0 Å². The van der Waals surface area contributed by atoms with Crippen LogP contribution in [0.4, 0.5) is 0 Å². The molecule has 0 unspecified atom stereocenters. The SMILES string of the molecule is O=C(NC1CCC(c2ccccc2)CC1)C1CCC1. The first-order valence-corrected chi connectivity index (χ1v) is 7.68. The fourth-order valence-corrected chi connectivity index (χ4v) is 3.29. The predicted octanol–water partition coefficient (Wildman–Crippen LogP) is 3.63. The molecule has 0 heterocycles. The first kappa shape index (κ1) is 12.7. The molecule has 0 spiro atoms. The molecule has 2 heteroatoms. The Morgan fingerprint density at radius 1 is 0.947 bits per heavy atom. The van der Waals surface area contributed by atoms with Crippen LogP contribution in [-0.2, 0) is 4.79 Å². The molecule has 0 radical (unpaired) electrons. The minimum Gasteiger partial charge on any atom is -0.353 e. The third-order valence-corrected chi connectivity index (χ3v) is 4.82. The third kappa shape index (κ3) is 2.99. The van der Waals surface area contributed by atoms with E-state index in [1.54, 1.807) is 0 Å². The minimum absolute atomic E-state index is 0.314. The van der Waals surface area contributed by atoms with Crippen LogP contribution >= 0.6 is 0 Å². The van der Waals surface area contributed by atoms with E-state index in [0.29, 0.717) is 23.8 Å². The van der Waals surface area contributed by atoms with E-state index in [1.807, 2.05) is 0 Å². The zero-order valence-electron chi connectivity index (χ0n) is 11.5. The van der Waals surface area contributed by atoms with Crippen LogP contribution in [0.1, 0.15) is 56.4 Å². The molecule has 0 aliphatic heterocycles. The molecule has 2 fully saturated rings. The van der Waals surface area contributed by atoms with Crippen LogP contribution in [0.15, 0.2) is 30.3 Å². The number of hydrogen-bond donors (Lipinski definition) is 1. The van der Waals surface area contributed by atoms with Crippen molar-refractivity contribution in [3.8, 4) is 0 Å². The largest absolute Gasteiger partial charge is 0.353 e. The van der Waals surface area contributed by atoms with E-state index >= 15 is 0 Å². The molecule has 0 bridgehead atoms. The summed E-state index contributed by atoms with van der Waals surface area (Å²) in [5, 5.41) is 3.25. The summed E-state index contributed by atoms with van der Waals surface area (Å²) in [6.07, 6.45) is 8.13. The smallest absolute Gasteiger partial charge is 0.223 e. The second kappa shape index (κ2) is 5.77. The molecule has 1 aromatic carbocycles. The molecule has 2 aliphatic rings. The molecule has 3 rings (SSSR count). The van der Waals surface area contributed by atoms with Gasteiger partial charge in [-0.3, -0.25) is 4.79 Å². The van der Waals surface area contributed by atoms with E-state index in [2.05, 4.69) is 35.6 Å². The number of benzene rings is 1. The number of amides is 1. The molecule has 102 valence electrons. The summed E-state index contributed by atoms with van der Waals surface area (Å²) in [7, 11) is 0. The Hall–Kier alpha value is -1.31. The van der Waals surface area contributed by atoms with Crippen LogP contribution < -0.4 is 5.32 Å². The van der Waals surface area contributed by atoms with E-state index in [1.165, 1.54) is 24.8 Å². The van der Waals surface area contributed by atoms with E-state index < -0.39 is 0 Å². The Bertz CT molecular complexity index is 416. The van der Waals surface area contributed by atoms with Gasteiger partial charge in [0.25, 0.3) is 0 Å². The van der Waals surface area contributed by atoms with E-state index in [4.69, 9.17) is 0 Å². The molecular formula is C17H23NO. The molecule has 1 aromatic rings. The third-order valence-electron chi connectivity index (χ3n) is 4.82. The summed E-state index contributed by atoms with van der Waals surface area (Å²) < 4.78 is 0. The van der Waals surface area contributed by atoms with Crippen LogP contribution in [0, 0.1) is 5.92 Å². The monoisotopic (exact) mass is 257 g/mol. The van der Waals surface area contributed by atoms with Crippen LogP contribution in [0.2, 0.25) is 0 Å². The Labute approximate surface area is 115 Å². The van der Waals surface area contributed by atoms with Gasteiger partial charge in [0.05, 0.1) is 0 Å². The van der Waals surface area contributed by atoms with E-state index in [-0.39, 0.29) is 0 Å². The summed E-state index contributed by atoms with van der Waals surface area (Å²) >= 11 is 0. The van der Waals surface area contributed by atoms with Gasteiger partial charge in [0.2, 0.25) is 5.91 Å². The maximum atomic E-state index is 11.9. The highest BCUT2D eigenvalue weighted by atomic mass is 16.2. The van der Waals surface area contributed by atoms with E-state index in [0.717, 1.165) is 25.7 Å². The van der Waals surface area contributed by atoms with Gasteiger partial charge in [0.1, 0.15) is 0 Å². The van der Waals surface area contributed by atoms with Crippen molar-refractivity contribution in [1.82, 2.24) is 5.32 Å². The highest BCUT2D eigenvalue weighted by Crippen LogP contribution is 2.33. The van der Waals surface area contributed by atoms with Crippen molar-refractivity contribution < 1.29 is 4.79 Å². The molecule has 1 amide bonds. The minimum atomic E-state index is 0.314. The van der Waals surface area contributed by atoms with Gasteiger partial charge >= 0.3 is 0 Å². The van der Waals surface area contributed by atoms with Crippen LogP contribution in [0.3, 0.4) is 0 Å². The maximum absolute atomic E-state index is 11.9. The van der Waals surface area contributed by atoms with Gasteiger partial charge in [-0.15, -0.1) is 0 Å². The number of nitrogens with one attached hydrogen (secondary N) is 1. The van der Waals surface area contributed by atoms with Gasteiger partial charge in [-0.1, -0.05) is 36.8 Å². The van der Waals surface area contributed by atoms with Crippen LogP contribution in [-0.4, -0.2) is 11.9 Å². The molecule has 2 saturated carbocycles. The normalized spacial score (nSPS) is 27.6. The number of hydrogen-bond acceptors (Lipinski definition) is 1. The second-order valence-corrected chi connectivity index (χ2v) is 6.10. The van der Waals surface area contributed by atoms with Gasteiger partial charge in [0, 0.05) is 12.0 Å². The summed E-state index contributed by atoms with van der Waals surface area (Å²) in [6.45, 7) is 0. The molecule has 19 heavy (non-hydrogen) atoms. The summed E-state index contributed by atoms with van der Waals surface area (Å²) in [5.41, 5.74) is 1.46. The van der Waals surface area contributed by atoms with Crippen molar-refractivity contribution in [2.75, 3.05) is 0 Å².